The predicted octanol–water partition coefficient (Wildman–Crippen LogP) is 4.06. The van der Waals surface area contributed by atoms with E-state index < -0.39 is 0 Å². The Hall–Kier alpha value is -0.800. The Morgan fingerprint density at radius 1 is 1.46 bits per heavy atom. The van der Waals surface area contributed by atoms with Crippen LogP contribution < -0.4 is 10.6 Å². The number of halogens is 2. The van der Waals surface area contributed by atoms with Crippen molar-refractivity contribution in [1.29, 1.82) is 0 Å². The van der Waals surface area contributed by atoms with Gasteiger partial charge < -0.3 is 10.6 Å². The molecule has 2 N–H and O–H groups in total. The summed E-state index contributed by atoms with van der Waals surface area (Å²) < 4.78 is 2.92. The zero-order valence-corrected chi connectivity index (χ0v) is 19.4. The van der Waals surface area contributed by atoms with E-state index in [1.165, 1.54) is 16.1 Å². The second-order valence-electron chi connectivity index (χ2n) is 6.71. The number of guanidine groups is 1. The Labute approximate surface area is 181 Å². The molecule has 3 rings (SSSR count). The number of thiophene rings is 1. The molecule has 5 nitrogen and oxygen atoms in total. The lowest BCUT2D eigenvalue weighted by molar-refractivity contribution is 0.499. The van der Waals surface area contributed by atoms with Gasteiger partial charge in [0.1, 0.15) is 0 Å². The lowest BCUT2D eigenvalue weighted by atomic mass is 9.94. The van der Waals surface area contributed by atoms with Gasteiger partial charge in [-0.25, -0.2) is 0 Å². The summed E-state index contributed by atoms with van der Waals surface area (Å²) in [5.41, 5.74) is 2.62. The van der Waals surface area contributed by atoms with Crippen LogP contribution in [-0.4, -0.2) is 35.4 Å². The van der Waals surface area contributed by atoms with Crippen LogP contribution in [0.2, 0.25) is 4.34 Å². The van der Waals surface area contributed by atoms with Crippen molar-refractivity contribution in [2.75, 3.05) is 13.6 Å². The minimum absolute atomic E-state index is 0. The second kappa shape index (κ2) is 9.94. The lowest BCUT2D eigenvalue weighted by Gasteiger charge is -2.24. The SMILES string of the molecule is CN=C(NCCc1ccc(Cl)s1)NC1CCc2cn(C(C)C)nc2C1.I. The minimum Gasteiger partial charge on any atom is -0.356 e. The summed E-state index contributed by atoms with van der Waals surface area (Å²) in [4.78, 5) is 5.64. The zero-order chi connectivity index (χ0) is 17.8. The molecule has 1 aliphatic rings. The molecule has 1 unspecified atom stereocenters. The van der Waals surface area contributed by atoms with Gasteiger partial charge in [-0.1, -0.05) is 11.6 Å². The van der Waals surface area contributed by atoms with E-state index in [0.717, 1.165) is 42.5 Å². The first-order valence-electron chi connectivity index (χ1n) is 8.83. The maximum absolute atomic E-state index is 5.97. The van der Waals surface area contributed by atoms with Crippen LogP contribution in [0.4, 0.5) is 0 Å². The number of aromatic nitrogens is 2. The van der Waals surface area contributed by atoms with E-state index in [-0.39, 0.29) is 24.0 Å². The second-order valence-corrected chi connectivity index (χ2v) is 8.51. The van der Waals surface area contributed by atoms with Crippen molar-refractivity contribution in [2.24, 2.45) is 4.99 Å². The van der Waals surface area contributed by atoms with Crippen LogP contribution in [0.15, 0.2) is 23.3 Å². The monoisotopic (exact) mass is 507 g/mol. The van der Waals surface area contributed by atoms with Gasteiger partial charge in [0.25, 0.3) is 0 Å². The molecule has 2 aromatic rings. The maximum Gasteiger partial charge on any atom is 0.191 e. The van der Waals surface area contributed by atoms with Crippen molar-refractivity contribution in [1.82, 2.24) is 20.4 Å². The molecule has 2 heterocycles. The van der Waals surface area contributed by atoms with Crippen molar-refractivity contribution in [3.8, 4) is 0 Å². The van der Waals surface area contributed by atoms with Gasteiger partial charge in [0, 0.05) is 43.2 Å². The highest BCUT2D eigenvalue weighted by Crippen LogP contribution is 2.22. The highest BCUT2D eigenvalue weighted by atomic mass is 127. The van der Waals surface area contributed by atoms with Gasteiger partial charge >= 0.3 is 0 Å². The van der Waals surface area contributed by atoms with Crippen LogP contribution in [0.5, 0.6) is 0 Å². The van der Waals surface area contributed by atoms with Crippen LogP contribution in [0, 0.1) is 0 Å². The quantitative estimate of drug-likeness (QED) is 0.365. The first-order chi connectivity index (χ1) is 12.0. The van der Waals surface area contributed by atoms with Gasteiger partial charge in [0.2, 0.25) is 0 Å². The third kappa shape index (κ3) is 5.60. The summed E-state index contributed by atoms with van der Waals surface area (Å²) in [6, 6.07) is 4.82. The molecule has 0 aromatic carbocycles. The molecule has 0 radical (unpaired) electrons. The van der Waals surface area contributed by atoms with Crippen molar-refractivity contribution in [2.45, 2.75) is 51.6 Å². The van der Waals surface area contributed by atoms with E-state index in [2.05, 4.69) is 46.4 Å². The summed E-state index contributed by atoms with van der Waals surface area (Å²) in [5.74, 6) is 0.861. The van der Waals surface area contributed by atoms with Crippen molar-refractivity contribution >= 4 is 52.9 Å². The molecule has 0 bridgehead atoms. The van der Waals surface area contributed by atoms with Gasteiger partial charge in [0.05, 0.1) is 10.0 Å². The lowest BCUT2D eigenvalue weighted by Crippen LogP contribution is -2.46. The summed E-state index contributed by atoms with van der Waals surface area (Å²) in [6.45, 7) is 5.18. The number of fused-ring (bicyclic) bond motifs is 1. The van der Waals surface area contributed by atoms with E-state index in [4.69, 9.17) is 16.7 Å². The highest BCUT2D eigenvalue weighted by molar-refractivity contribution is 14.0. The summed E-state index contributed by atoms with van der Waals surface area (Å²) in [7, 11) is 1.82. The number of aryl methyl sites for hydroxylation is 1. The first kappa shape index (κ1) is 21.5. The molecule has 0 saturated carbocycles. The first-order valence-corrected chi connectivity index (χ1v) is 10.0. The fourth-order valence-electron chi connectivity index (χ4n) is 3.08. The number of aliphatic imine (C=N–C) groups is 1. The number of rotatable bonds is 5. The molecule has 144 valence electrons. The third-order valence-electron chi connectivity index (χ3n) is 4.48. The predicted molar refractivity (Wildman–Crippen MR) is 121 cm³/mol. The highest BCUT2D eigenvalue weighted by Gasteiger charge is 2.22. The molecule has 0 fully saturated rings. The smallest absolute Gasteiger partial charge is 0.191 e. The van der Waals surface area contributed by atoms with Gasteiger partial charge in [0.15, 0.2) is 5.96 Å². The average Bonchev–Trinajstić information content (AvgIpc) is 3.19. The summed E-state index contributed by atoms with van der Waals surface area (Å²) >= 11 is 7.61. The number of nitrogens with one attached hydrogen (secondary N) is 2. The topological polar surface area (TPSA) is 54.2 Å². The summed E-state index contributed by atoms with van der Waals surface area (Å²) in [6.07, 6.45) is 6.29. The number of hydrogen-bond donors (Lipinski definition) is 2. The van der Waals surface area contributed by atoms with Crippen LogP contribution in [0.25, 0.3) is 0 Å². The molecule has 8 heteroatoms. The van der Waals surface area contributed by atoms with E-state index in [0.29, 0.717) is 12.1 Å². The van der Waals surface area contributed by atoms with Crippen LogP contribution in [-0.2, 0) is 19.3 Å². The largest absolute Gasteiger partial charge is 0.356 e. The minimum atomic E-state index is 0. The van der Waals surface area contributed by atoms with Crippen molar-refractivity contribution in [3.05, 3.63) is 38.8 Å². The van der Waals surface area contributed by atoms with Gasteiger partial charge in [-0.15, -0.1) is 35.3 Å². The summed E-state index contributed by atoms with van der Waals surface area (Å²) in [5, 5.41) is 11.7. The average molecular weight is 508 g/mol. The fraction of sp³-hybridized carbons (Fsp3) is 0.556. The Kier molecular flexibility index (Phi) is 8.22. The van der Waals surface area contributed by atoms with E-state index in [9.17, 15) is 0 Å². The Balaban J connectivity index is 0.00000243. The fourth-order valence-corrected chi connectivity index (χ4v) is 4.17. The van der Waals surface area contributed by atoms with Gasteiger partial charge in [-0.2, -0.15) is 5.10 Å². The molecule has 2 aromatic heterocycles. The Morgan fingerprint density at radius 2 is 2.27 bits per heavy atom. The van der Waals surface area contributed by atoms with Crippen LogP contribution in [0.1, 0.15) is 42.4 Å². The molecule has 0 aliphatic heterocycles. The molecular formula is C18H27ClIN5S. The van der Waals surface area contributed by atoms with Crippen molar-refractivity contribution in [3.63, 3.8) is 0 Å². The molecule has 0 saturated heterocycles. The molecule has 0 amide bonds. The molecule has 1 atom stereocenters. The number of nitrogens with zero attached hydrogens (tertiary/aromatic N) is 3. The maximum atomic E-state index is 5.97. The third-order valence-corrected chi connectivity index (χ3v) is 5.77. The van der Waals surface area contributed by atoms with Gasteiger partial charge in [-0.3, -0.25) is 9.67 Å². The van der Waals surface area contributed by atoms with Crippen LogP contribution >= 0.6 is 46.9 Å². The van der Waals surface area contributed by atoms with E-state index in [1.807, 2.05) is 13.1 Å². The van der Waals surface area contributed by atoms with E-state index >= 15 is 0 Å². The zero-order valence-electron chi connectivity index (χ0n) is 15.5. The molecule has 0 spiro atoms. The van der Waals surface area contributed by atoms with E-state index in [1.54, 1.807) is 11.3 Å². The van der Waals surface area contributed by atoms with Gasteiger partial charge in [-0.05, 0) is 50.8 Å². The molecular weight excluding hydrogens is 481 g/mol. The number of hydrogen-bond acceptors (Lipinski definition) is 3. The normalized spacial score (nSPS) is 17.0. The molecule has 26 heavy (non-hydrogen) atoms. The molecule has 1 aliphatic carbocycles. The Morgan fingerprint density at radius 3 is 2.92 bits per heavy atom. The standard InChI is InChI=1S/C18H26ClN5S.HI/c1-12(2)24-11-13-4-5-14(10-16(13)23-24)22-18(20-3)21-9-8-15-6-7-17(19)25-15;/h6-7,11-12,14H,4-5,8-10H2,1-3H3,(H2,20,21,22);1H. The van der Waals surface area contributed by atoms with Crippen LogP contribution in [0.3, 0.4) is 0 Å². The Bertz CT molecular complexity index is 740. The van der Waals surface area contributed by atoms with Crippen molar-refractivity contribution < 1.29 is 0 Å².